The Morgan fingerprint density at radius 1 is 1.35 bits per heavy atom. The minimum atomic E-state index is -0.816. The minimum Gasteiger partial charge on any atom is -0.481 e. The Morgan fingerprint density at radius 3 is 2.18 bits per heavy atom. The van der Waals surface area contributed by atoms with Crippen molar-refractivity contribution in [2.45, 2.75) is 52.6 Å². The van der Waals surface area contributed by atoms with Crippen molar-refractivity contribution in [2.75, 3.05) is 13.7 Å². The molecule has 0 bridgehead atoms. The van der Waals surface area contributed by atoms with Gasteiger partial charge in [-0.3, -0.25) is 4.79 Å². The van der Waals surface area contributed by atoms with E-state index in [0.29, 0.717) is 25.2 Å². The number of hydrogen-bond acceptors (Lipinski definition) is 3. The van der Waals surface area contributed by atoms with E-state index in [1.807, 2.05) is 27.7 Å². The highest BCUT2D eigenvalue weighted by atomic mass is 16.5. The first-order valence-electron chi connectivity index (χ1n) is 6.18. The summed E-state index contributed by atoms with van der Waals surface area (Å²) >= 11 is 0. The van der Waals surface area contributed by atoms with Crippen LogP contribution in [-0.2, 0) is 9.53 Å². The Morgan fingerprint density at radius 2 is 1.88 bits per heavy atom. The minimum absolute atomic E-state index is 0.181. The number of hydrogen-bond donors (Lipinski definition) is 2. The number of methoxy groups -OCH3 is 1. The maximum atomic E-state index is 11.5. The van der Waals surface area contributed by atoms with Crippen molar-refractivity contribution in [1.29, 1.82) is 0 Å². The molecule has 3 N–H and O–H groups in total. The Bertz CT molecular complexity index is 251. The average molecular weight is 245 g/mol. The molecule has 4 nitrogen and oxygen atoms in total. The number of aliphatic carboxylic acids is 1. The lowest BCUT2D eigenvalue weighted by atomic mass is 9.75. The van der Waals surface area contributed by atoms with E-state index >= 15 is 0 Å². The smallest absolute Gasteiger partial charge is 0.310 e. The highest BCUT2D eigenvalue weighted by Crippen LogP contribution is 2.34. The van der Waals surface area contributed by atoms with Crippen molar-refractivity contribution in [1.82, 2.24) is 0 Å². The third-order valence-electron chi connectivity index (χ3n) is 3.40. The molecule has 4 heteroatoms. The molecule has 0 amide bonds. The predicted molar refractivity (Wildman–Crippen MR) is 68.9 cm³/mol. The van der Waals surface area contributed by atoms with E-state index in [1.54, 1.807) is 7.11 Å². The highest BCUT2D eigenvalue weighted by Gasteiger charge is 2.38. The Hall–Kier alpha value is -0.610. The van der Waals surface area contributed by atoms with Crippen molar-refractivity contribution in [3.05, 3.63) is 0 Å². The van der Waals surface area contributed by atoms with Gasteiger partial charge in [-0.2, -0.15) is 0 Å². The summed E-state index contributed by atoms with van der Waals surface area (Å²) in [4.78, 5) is 11.5. The van der Waals surface area contributed by atoms with Gasteiger partial charge < -0.3 is 15.6 Å². The van der Waals surface area contributed by atoms with Gasteiger partial charge in [-0.25, -0.2) is 0 Å². The average Bonchev–Trinajstić information content (AvgIpc) is 2.23. The molecule has 0 aliphatic carbocycles. The SMILES string of the molecule is COC(C)(C)CCC(CN)(CC(C)C)C(=O)O. The number of carboxylic acids is 1. The third-order valence-corrected chi connectivity index (χ3v) is 3.40. The molecular weight excluding hydrogens is 218 g/mol. The molecule has 102 valence electrons. The number of nitrogens with two attached hydrogens (primary N) is 1. The van der Waals surface area contributed by atoms with Crippen molar-refractivity contribution in [3.63, 3.8) is 0 Å². The maximum absolute atomic E-state index is 11.5. The van der Waals surface area contributed by atoms with Gasteiger partial charge >= 0.3 is 5.97 Å². The number of carboxylic acid groups (broad SMARTS) is 1. The fourth-order valence-corrected chi connectivity index (χ4v) is 1.99. The van der Waals surface area contributed by atoms with Crippen LogP contribution in [0.4, 0.5) is 0 Å². The summed E-state index contributed by atoms with van der Waals surface area (Å²) < 4.78 is 5.33. The van der Waals surface area contributed by atoms with E-state index in [2.05, 4.69) is 0 Å². The molecule has 0 heterocycles. The van der Waals surface area contributed by atoms with Crippen LogP contribution in [0.5, 0.6) is 0 Å². The second kappa shape index (κ2) is 6.36. The summed E-state index contributed by atoms with van der Waals surface area (Å²) in [6, 6.07) is 0. The van der Waals surface area contributed by atoms with Gasteiger partial charge in [0.2, 0.25) is 0 Å². The van der Waals surface area contributed by atoms with Gasteiger partial charge in [0.15, 0.2) is 0 Å². The molecule has 0 saturated heterocycles. The second-order valence-electron chi connectivity index (χ2n) is 5.85. The molecule has 0 rings (SSSR count). The summed E-state index contributed by atoms with van der Waals surface area (Å²) in [7, 11) is 1.65. The monoisotopic (exact) mass is 245 g/mol. The summed E-state index contributed by atoms with van der Waals surface area (Å²) in [6.07, 6.45) is 1.86. The number of carbonyl (C=O) groups is 1. The first-order valence-corrected chi connectivity index (χ1v) is 6.18. The molecule has 0 aromatic rings. The zero-order chi connectivity index (χ0) is 13.7. The predicted octanol–water partition coefficient (Wildman–Crippen LogP) is 2.27. The maximum Gasteiger partial charge on any atom is 0.310 e. The molecule has 0 radical (unpaired) electrons. The molecule has 0 fully saturated rings. The standard InChI is InChI=1S/C13H27NO3/c1-10(2)8-13(9-14,11(15)16)7-6-12(3,4)17-5/h10H,6-9,14H2,1-5H3,(H,15,16). The van der Waals surface area contributed by atoms with E-state index in [9.17, 15) is 9.90 Å². The first-order chi connectivity index (χ1) is 7.69. The van der Waals surface area contributed by atoms with Crippen LogP contribution < -0.4 is 5.73 Å². The lowest BCUT2D eigenvalue weighted by Gasteiger charge is -2.33. The zero-order valence-electron chi connectivity index (χ0n) is 11.7. The topological polar surface area (TPSA) is 72.5 Å². The van der Waals surface area contributed by atoms with Crippen LogP contribution in [-0.4, -0.2) is 30.3 Å². The Kier molecular flexibility index (Phi) is 6.13. The Labute approximate surface area is 105 Å². The van der Waals surface area contributed by atoms with Crippen LogP contribution in [0.15, 0.2) is 0 Å². The van der Waals surface area contributed by atoms with E-state index in [-0.39, 0.29) is 12.1 Å². The highest BCUT2D eigenvalue weighted by molar-refractivity contribution is 5.75. The van der Waals surface area contributed by atoms with E-state index in [0.717, 1.165) is 0 Å². The largest absolute Gasteiger partial charge is 0.481 e. The van der Waals surface area contributed by atoms with Crippen LogP contribution in [0.3, 0.4) is 0 Å². The second-order valence-corrected chi connectivity index (χ2v) is 5.85. The normalized spacial score (nSPS) is 15.9. The third kappa shape index (κ3) is 5.04. The zero-order valence-corrected chi connectivity index (χ0v) is 11.7. The first kappa shape index (κ1) is 16.4. The molecule has 1 atom stereocenters. The number of ether oxygens (including phenoxy) is 1. The van der Waals surface area contributed by atoms with Gasteiger partial charge in [0.25, 0.3) is 0 Å². The van der Waals surface area contributed by atoms with Gasteiger partial charge in [-0.15, -0.1) is 0 Å². The summed E-state index contributed by atoms with van der Waals surface area (Å²) in [5, 5.41) is 9.42. The molecule has 0 saturated carbocycles. The molecule has 0 aliphatic heterocycles. The molecular formula is C13H27NO3. The molecule has 0 spiro atoms. The molecule has 0 aliphatic rings. The summed E-state index contributed by atoms with van der Waals surface area (Å²) in [6.45, 7) is 8.15. The quantitative estimate of drug-likeness (QED) is 0.688. The Balaban J connectivity index is 4.76. The fraction of sp³-hybridized carbons (Fsp3) is 0.923. The number of rotatable bonds is 8. The van der Waals surface area contributed by atoms with Crippen molar-refractivity contribution in [3.8, 4) is 0 Å². The molecule has 0 aromatic carbocycles. The lowest BCUT2D eigenvalue weighted by molar-refractivity contribution is -0.150. The lowest BCUT2D eigenvalue weighted by Crippen LogP contribution is -2.41. The van der Waals surface area contributed by atoms with Crippen molar-refractivity contribution >= 4 is 5.97 Å². The molecule has 1 unspecified atom stereocenters. The van der Waals surface area contributed by atoms with Gasteiger partial charge in [0.05, 0.1) is 11.0 Å². The van der Waals surface area contributed by atoms with Crippen molar-refractivity contribution in [2.24, 2.45) is 17.1 Å². The van der Waals surface area contributed by atoms with Crippen molar-refractivity contribution < 1.29 is 14.6 Å². The van der Waals surface area contributed by atoms with Crippen LogP contribution in [0.2, 0.25) is 0 Å². The van der Waals surface area contributed by atoms with E-state index in [4.69, 9.17) is 10.5 Å². The van der Waals surface area contributed by atoms with Crippen LogP contribution in [0, 0.1) is 11.3 Å². The van der Waals surface area contributed by atoms with E-state index in [1.165, 1.54) is 0 Å². The van der Waals surface area contributed by atoms with E-state index < -0.39 is 11.4 Å². The summed E-state index contributed by atoms with van der Waals surface area (Å²) in [5.41, 5.74) is 4.59. The molecule has 17 heavy (non-hydrogen) atoms. The van der Waals surface area contributed by atoms with Crippen LogP contribution in [0.25, 0.3) is 0 Å². The van der Waals surface area contributed by atoms with Crippen LogP contribution in [0.1, 0.15) is 47.0 Å². The van der Waals surface area contributed by atoms with Gasteiger partial charge in [0.1, 0.15) is 0 Å². The summed E-state index contributed by atoms with van der Waals surface area (Å²) in [5.74, 6) is -0.471. The molecule has 0 aromatic heterocycles. The van der Waals surface area contributed by atoms with Gasteiger partial charge in [0, 0.05) is 13.7 Å². The van der Waals surface area contributed by atoms with Gasteiger partial charge in [-0.1, -0.05) is 13.8 Å². The van der Waals surface area contributed by atoms with Crippen LogP contribution >= 0.6 is 0 Å². The van der Waals surface area contributed by atoms with Gasteiger partial charge in [-0.05, 0) is 39.0 Å². The fourth-order valence-electron chi connectivity index (χ4n) is 1.99.